The molecule has 1 fully saturated rings. The van der Waals surface area contributed by atoms with Crippen LogP contribution in [0.5, 0.6) is 5.75 Å². The van der Waals surface area contributed by atoms with E-state index in [9.17, 15) is 26.4 Å². The van der Waals surface area contributed by atoms with Gasteiger partial charge < -0.3 is 9.64 Å². The number of piperazine rings is 1. The molecule has 5 rings (SSSR count). The summed E-state index contributed by atoms with van der Waals surface area (Å²) < 4.78 is 76.0. The van der Waals surface area contributed by atoms with E-state index in [1.807, 2.05) is 0 Å². The van der Waals surface area contributed by atoms with Gasteiger partial charge in [-0.2, -0.15) is 27.7 Å². The maximum atomic E-state index is 14.0. The fourth-order valence-corrected chi connectivity index (χ4v) is 5.87. The van der Waals surface area contributed by atoms with Crippen molar-refractivity contribution in [2.24, 2.45) is 7.05 Å². The van der Waals surface area contributed by atoms with Crippen LogP contribution < -0.4 is 4.74 Å². The average Bonchev–Trinajstić information content (AvgIpc) is 3.51. The number of hydrogen-bond acceptors (Lipinski definition) is 7. The molecule has 1 aromatic carbocycles. The number of benzene rings is 1. The van der Waals surface area contributed by atoms with Gasteiger partial charge in [0.1, 0.15) is 15.7 Å². The first-order valence-electron chi connectivity index (χ1n) is 11.5. The third-order valence-electron chi connectivity index (χ3n) is 6.24. The minimum atomic E-state index is -4.84. The number of aryl methyl sites for hydroxylation is 1. The molecule has 16 heteroatoms. The summed E-state index contributed by atoms with van der Waals surface area (Å²) >= 11 is 6.39. The Morgan fingerprint density at radius 3 is 2.46 bits per heavy atom. The van der Waals surface area contributed by atoms with Crippen molar-refractivity contribution >= 4 is 33.2 Å². The van der Waals surface area contributed by atoms with Crippen LogP contribution in [0.15, 0.2) is 47.6 Å². The normalized spacial score (nSPS) is 15.2. The number of hydrogen-bond donors (Lipinski definition) is 0. The standard InChI is InChI=1S/C23H21ClF3N7O4S/c1-31-13-16(12-28-31)39(36,37)33-8-6-32(7-9-33)22(35)20-19(24)21-29-17(14-4-3-5-15(10-14)38-2)11-18(23(25,26)27)34(21)30-20/h3-5,10-13H,6-9H2,1-2H3. The molecule has 1 aliphatic heterocycles. The van der Waals surface area contributed by atoms with Gasteiger partial charge in [-0.1, -0.05) is 23.7 Å². The predicted molar refractivity (Wildman–Crippen MR) is 133 cm³/mol. The molecule has 11 nitrogen and oxygen atoms in total. The van der Waals surface area contributed by atoms with Crippen LogP contribution in [-0.2, 0) is 23.2 Å². The van der Waals surface area contributed by atoms with E-state index in [2.05, 4.69) is 15.2 Å². The summed E-state index contributed by atoms with van der Waals surface area (Å²) in [6.45, 7) is -0.0890. The highest BCUT2D eigenvalue weighted by Gasteiger charge is 2.38. The van der Waals surface area contributed by atoms with E-state index in [0.29, 0.717) is 15.8 Å². The molecule has 0 atom stereocenters. The summed E-state index contributed by atoms with van der Waals surface area (Å²) in [4.78, 5) is 18.9. The molecule has 4 aromatic rings. The number of carbonyl (C=O) groups excluding carboxylic acids is 1. The van der Waals surface area contributed by atoms with Crippen molar-refractivity contribution in [2.75, 3.05) is 33.3 Å². The second-order valence-corrected chi connectivity index (χ2v) is 11.0. The van der Waals surface area contributed by atoms with Crippen LogP contribution in [0.1, 0.15) is 16.2 Å². The fourth-order valence-electron chi connectivity index (χ4n) is 4.22. The van der Waals surface area contributed by atoms with Crippen LogP contribution in [0.4, 0.5) is 13.2 Å². The SMILES string of the molecule is COc1cccc(-c2cc(C(F)(F)F)n3nc(C(=O)N4CCN(S(=O)(=O)c5cnn(C)c5)CC4)c(Cl)c3n2)c1. The third-order valence-corrected chi connectivity index (χ3v) is 8.44. The molecule has 1 amide bonds. The van der Waals surface area contributed by atoms with Crippen LogP contribution in [0.3, 0.4) is 0 Å². The number of rotatable bonds is 5. The zero-order chi connectivity index (χ0) is 28.1. The van der Waals surface area contributed by atoms with E-state index in [-0.39, 0.29) is 47.4 Å². The topological polar surface area (TPSA) is 115 Å². The van der Waals surface area contributed by atoms with E-state index in [0.717, 1.165) is 6.07 Å². The van der Waals surface area contributed by atoms with E-state index in [4.69, 9.17) is 16.3 Å². The third kappa shape index (κ3) is 4.92. The highest BCUT2D eigenvalue weighted by atomic mass is 35.5. The molecule has 0 saturated carbocycles. The van der Waals surface area contributed by atoms with Gasteiger partial charge in [-0.15, -0.1) is 0 Å². The Kier molecular flexibility index (Phi) is 6.76. The number of nitrogens with zero attached hydrogens (tertiary/aromatic N) is 7. The van der Waals surface area contributed by atoms with Crippen LogP contribution in [0, 0.1) is 0 Å². The maximum Gasteiger partial charge on any atom is 0.433 e. The average molecular weight is 584 g/mol. The molecule has 0 aliphatic carbocycles. The van der Waals surface area contributed by atoms with Gasteiger partial charge in [0.25, 0.3) is 5.91 Å². The van der Waals surface area contributed by atoms with Gasteiger partial charge >= 0.3 is 6.18 Å². The molecule has 0 bridgehead atoms. The lowest BCUT2D eigenvalue weighted by atomic mass is 10.1. The molecule has 0 N–H and O–H groups in total. The lowest BCUT2D eigenvalue weighted by Gasteiger charge is -2.33. The first kappa shape index (κ1) is 26.9. The summed E-state index contributed by atoms with van der Waals surface area (Å²) in [5.41, 5.74) is -1.62. The summed E-state index contributed by atoms with van der Waals surface area (Å²) in [7, 11) is -0.802. The quantitative estimate of drug-likeness (QED) is 0.355. The first-order valence-corrected chi connectivity index (χ1v) is 13.3. The Balaban J connectivity index is 1.46. The Hall–Kier alpha value is -3.69. The monoisotopic (exact) mass is 583 g/mol. The van der Waals surface area contributed by atoms with Crippen LogP contribution >= 0.6 is 11.6 Å². The highest BCUT2D eigenvalue weighted by molar-refractivity contribution is 7.89. The van der Waals surface area contributed by atoms with Crippen molar-refractivity contribution in [1.29, 1.82) is 0 Å². The number of fused-ring (bicyclic) bond motifs is 1. The van der Waals surface area contributed by atoms with Crippen molar-refractivity contribution in [3.05, 3.63) is 59.1 Å². The van der Waals surface area contributed by atoms with Gasteiger partial charge in [-0.25, -0.2) is 17.9 Å². The molecule has 0 spiro atoms. The predicted octanol–water partition coefficient (Wildman–Crippen LogP) is 2.96. The number of amides is 1. The van der Waals surface area contributed by atoms with E-state index in [1.54, 1.807) is 25.2 Å². The van der Waals surface area contributed by atoms with Gasteiger partial charge in [-0.3, -0.25) is 9.48 Å². The number of carbonyl (C=O) groups is 1. The number of halogens is 4. The summed E-state index contributed by atoms with van der Waals surface area (Å²) in [6.07, 6.45) is -2.24. The number of aromatic nitrogens is 5. The Morgan fingerprint density at radius 2 is 1.85 bits per heavy atom. The Morgan fingerprint density at radius 1 is 1.13 bits per heavy atom. The number of sulfonamides is 1. The van der Waals surface area contributed by atoms with Crippen molar-refractivity contribution in [3.8, 4) is 17.0 Å². The van der Waals surface area contributed by atoms with Crippen molar-refractivity contribution in [3.63, 3.8) is 0 Å². The van der Waals surface area contributed by atoms with E-state index in [1.165, 1.54) is 39.5 Å². The molecule has 0 radical (unpaired) electrons. The zero-order valence-electron chi connectivity index (χ0n) is 20.6. The molecule has 3 aromatic heterocycles. The highest BCUT2D eigenvalue weighted by Crippen LogP contribution is 2.35. The fraction of sp³-hybridized carbons (Fsp3) is 0.304. The smallest absolute Gasteiger partial charge is 0.433 e. The zero-order valence-corrected chi connectivity index (χ0v) is 22.1. The second-order valence-electron chi connectivity index (χ2n) is 8.70. The van der Waals surface area contributed by atoms with Crippen LogP contribution in [-0.4, -0.2) is 81.2 Å². The molecule has 4 heterocycles. The van der Waals surface area contributed by atoms with Crippen molar-refractivity contribution < 1.29 is 31.1 Å². The molecule has 1 aliphatic rings. The van der Waals surface area contributed by atoms with Crippen molar-refractivity contribution in [2.45, 2.75) is 11.1 Å². The maximum absolute atomic E-state index is 14.0. The summed E-state index contributed by atoms with van der Waals surface area (Å²) in [5.74, 6) is -0.317. The van der Waals surface area contributed by atoms with Gasteiger partial charge in [0.05, 0.1) is 19.0 Å². The van der Waals surface area contributed by atoms with E-state index >= 15 is 0 Å². The molecular formula is C23H21ClF3N7O4S. The van der Waals surface area contributed by atoms with Crippen LogP contribution in [0.2, 0.25) is 5.02 Å². The summed E-state index contributed by atoms with van der Waals surface area (Å²) in [6, 6.07) is 7.15. The number of ether oxygens (including phenoxy) is 1. The Bertz CT molecular complexity index is 1680. The lowest BCUT2D eigenvalue weighted by Crippen LogP contribution is -2.50. The second kappa shape index (κ2) is 9.81. The first-order chi connectivity index (χ1) is 18.4. The van der Waals surface area contributed by atoms with Gasteiger partial charge in [0, 0.05) is 45.0 Å². The minimum absolute atomic E-state index is 0.0167. The van der Waals surface area contributed by atoms with Crippen LogP contribution in [0.25, 0.3) is 16.9 Å². The Labute approximate surface area is 225 Å². The van der Waals surface area contributed by atoms with E-state index < -0.39 is 33.5 Å². The summed E-state index contributed by atoms with van der Waals surface area (Å²) in [5, 5.41) is 7.42. The molecule has 1 saturated heterocycles. The van der Waals surface area contributed by atoms with Gasteiger partial charge in [-0.05, 0) is 18.2 Å². The molecule has 0 unspecified atom stereocenters. The largest absolute Gasteiger partial charge is 0.497 e. The number of methoxy groups -OCH3 is 1. The van der Waals surface area contributed by atoms with Crippen molar-refractivity contribution in [1.82, 2.24) is 33.6 Å². The lowest BCUT2D eigenvalue weighted by molar-refractivity contribution is -0.142. The molecule has 206 valence electrons. The molecule has 39 heavy (non-hydrogen) atoms. The van der Waals surface area contributed by atoms with Gasteiger partial charge in [0.15, 0.2) is 17.0 Å². The van der Waals surface area contributed by atoms with Gasteiger partial charge in [0.2, 0.25) is 10.0 Å². The molecular weight excluding hydrogens is 563 g/mol. The minimum Gasteiger partial charge on any atom is -0.497 e. The number of alkyl halides is 3.